The molecule has 6 heteroatoms. The average Bonchev–Trinajstić information content (AvgIpc) is 2.44. The molecule has 0 aliphatic rings. The lowest BCUT2D eigenvalue weighted by Gasteiger charge is -2.07. The molecule has 1 aromatic rings. The van der Waals surface area contributed by atoms with Gasteiger partial charge in [0.15, 0.2) is 0 Å². The second-order valence-electron chi connectivity index (χ2n) is 4.33. The number of amides is 2. The number of nitrogens with two attached hydrogens (primary N) is 2. The molecule has 2 amide bonds. The van der Waals surface area contributed by atoms with Gasteiger partial charge in [0.1, 0.15) is 5.75 Å². The van der Waals surface area contributed by atoms with Gasteiger partial charge < -0.3 is 21.5 Å². The molecule has 1 rings (SSSR count). The van der Waals surface area contributed by atoms with Crippen LogP contribution >= 0.6 is 0 Å². The average molecular weight is 279 g/mol. The van der Waals surface area contributed by atoms with E-state index in [1.54, 1.807) is 24.3 Å². The molecule has 20 heavy (non-hydrogen) atoms. The highest BCUT2D eigenvalue weighted by molar-refractivity contribution is 5.92. The van der Waals surface area contributed by atoms with Gasteiger partial charge in [0.25, 0.3) is 0 Å². The summed E-state index contributed by atoms with van der Waals surface area (Å²) < 4.78 is 5.41. The monoisotopic (exact) mass is 279 g/mol. The maximum Gasteiger partial charge on any atom is 0.248 e. The maximum absolute atomic E-state index is 11.5. The molecule has 0 aliphatic carbocycles. The Bertz CT molecular complexity index is 432. The third-order valence-corrected chi connectivity index (χ3v) is 2.69. The molecule has 0 saturated heterocycles. The molecule has 0 saturated carbocycles. The molecule has 1 aromatic carbocycles. The van der Waals surface area contributed by atoms with E-state index in [1.165, 1.54) is 0 Å². The molecule has 0 aliphatic heterocycles. The first-order valence-corrected chi connectivity index (χ1v) is 6.63. The van der Waals surface area contributed by atoms with Crippen molar-refractivity contribution in [3.8, 4) is 5.75 Å². The number of rotatable bonds is 9. The summed E-state index contributed by atoms with van der Waals surface area (Å²) in [7, 11) is 0. The normalized spacial score (nSPS) is 10.1. The third kappa shape index (κ3) is 6.19. The minimum absolute atomic E-state index is 0.0456. The van der Waals surface area contributed by atoms with Crippen LogP contribution in [0.3, 0.4) is 0 Å². The number of primary amides is 1. The molecule has 0 radical (unpaired) electrons. The zero-order valence-electron chi connectivity index (χ0n) is 11.4. The lowest BCUT2D eigenvalue weighted by Crippen LogP contribution is -2.26. The maximum atomic E-state index is 11.5. The topological polar surface area (TPSA) is 107 Å². The van der Waals surface area contributed by atoms with Gasteiger partial charge in [-0.1, -0.05) is 0 Å². The van der Waals surface area contributed by atoms with Crippen LogP contribution in [0.5, 0.6) is 5.75 Å². The van der Waals surface area contributed by atoms with Crippen molar-refractivity contribution in [2.75, 3.05) is 19.7 Å². The van der Waals surface area contributed by atoms with E-state index in [0.717, 1.165) is 12.8 Å². The van der Waals surface area contributed by atoms with Gasteiger partial charge in [-0.05, 0) is 43.7 Å². The predicted molar refractivity (Wildman–Crippen MR) is 76.4 cm³/mol. The van der Waals surface area contributed by atoms with Crippen LogP contribution < -0.4 is 21.5 Å². The van der Waals surface area contributed by atoms with Gasteiger partial charge >= 0.3 is 0 Å². The van der Waals surface area contributed by atoms with Gasteiger partial charge in [-0.15, -0.1) is 0 Å². The van der Waals surface area contributed by atoms with Gasteiger partial charge in [0.05, 0.1) is 13.0 Å². The van der Waals surface area contributed by atoms with Gasteiger partial charge in [-0.2, -0.15) is 0 Å². The first-order chi connectivity index (χ1) is 9.63. The molecule has 0 fully saturated rings. The van der Waals surface area contributed by atoms with Crippen LogP contribution in [-0.4, -0.2) is 31.5 Å². The molecule has 0 spiro atoms. The van der Waals surface area contributed by atoms with Crippen molar-refractivity contribution < 1.29 is 14.3 Å². The number of nitrogens with one attached hydrogen (secondary N) is 1. The van der Waals surface area contributed by atoms with Crippen molar-refractivity contribution in [2.45, 2.75) is 19.3 Å². The van der Waals surface area contributed by atoms with E-state index in [-0.39, 0.29) is 5.91 Å². The van der Waals surface area contributed by atoms with Crippen LogP contribution in [0, 0.1) is 0 Å². The Morgan fingerprint density at radius 2 is 1.85 bits per heavy atom. The van der Waals surface area contributed by atoms with Gasteiger partial charge in [-0.3, -0.25) is 9.59 Å². The van der Waals surface area contributed by atoms with E-state index in [4.69, 9.17) is 16.2 Å². The quantitative estimate of drug-likeness (QED) is 0.569. The Labute approximate surface area is 118 Å². The van der Waals surface area contributed by atoms with Crippen LogP contribution in [-0.2, 0) is 4.79 Å². The molecule has 0 heterocycles. The van der Waals surface area contributed by atoms with E-state index >= 15 is 0 Å². The number of benzene rings is 1. The second-order valence-corrected chi connectivity index (χ2v) is 4.33. The number of carbonyl (C=O) groups is 2. The fourth-order valence-electron chi connectivity index (χ4n) is 1.56. The minimum atomic E-state index is -0.478. The second kappa shape index (κ2) is 8.92. The van der Waals surface area contributed by atoms with Crippen LogP contribution in [0.2, 0.25) is 0 Å². The van der Waals surface area contributed by atoms with E-state index in [0.29, 0.717) is 37.4 Å². The molecular weight excluding hydrogens is 258 g/mol. The van der Waals surface area contributed by atoms with Crippen molar-refractivity contribution in [3.63, 3.8) is 0 Å². The van der Waals surface area contributed by atoms with Crippen LogP contribution in [0.15, 0.2) is 24.3 Å². The van der Waals surface area contributed by atoms with Crippen LogP contribution in [0.1, 0.15) is 29.6 Å². The minimum Gasteiger partial charge on any atom is -0.493 e. The fourth-order valence-corrected chi connectivity index (χ4v) is 1.56. The standard InChI is InChI=1S/C14H21N3O3/c15-8-1-2-9-17-13(18)7-10-20-12-5-3-11(4-6-12)14(16)19/h3-6H,1-2,7-10,15H2,(H2,16,19)(H,17,18). The largest absolute Gasteiger partial charge is 0.493 e. The third-order valence-electron chi connectivity index (χ3n) is 2.69. The van der Waals surface area contributed by atoms with E-state index in [9.17, 15) is 9.59 Å². The highest BCUT2D eigenvalue weighted by Crippen LogP contribution is 2.11. The van der Waals surface area contributed by atoms with Crippen molar-refractivity contribution >= 4 is 11.8 Å². The highest BCUT2D eigenvalue weighted by atomic mass is 16.5. The van der Waals surface area contributed by atoms with Crippen molar-refractivity contribution in [3.05, 3.63) is 29.8 Å². The molecule has 0 atom stereocenters. The Balaban J connectivity index is 2.20. The number of unbranched alkanes of at least 4 members (excludes halogenated alkanes) is 1. The molecule has 0 unspecified atom stereocenters. The summed E-state index contributed by atoms with van der Waals surface area (Å²) in [4.78, 5) is 22.3. The Morgan fingerprint density at radius 1 is 1.15 bits per heavy atom. The summed E-state index contributed by atoms with van der Waals surface area (Å²) in [5.41, 5.74) is 10.9. The Hall–Kier alpha value is -2.08. The number of carbonyl (C=O) groups excluding carboxylic acids is 2. The first kappa shape index (κ1) is 16.0. The summed E-state index contributed by atoms with van der Waals surface area (Å²) in [6.45, 7) is 1.57. The SMILES string of the molecule is NCCCCNC(=O)CCOc1ccc(C(N)=O)cc1. The Morgan fingerprint density at radius 3 is 2.45 bits per heavy atom. The lowest BCUT2D eigenvalue weighted by atomic mass is 10.2. The zero-order valence-corrected chi connectivity index (χ0v) is 11.4. The highest BCUT2D eigenvalue weighted by Gasteiger charge is 2.03. The number of ether oxygens (including phenoxy) is 1. The van der Waals surface area contributed by atoms with Gasteiger partial charge in [-0.25, -0.2) is 0 Å². The summed E-state index contributed by atoms with van der Waals surface area (Å²) in [5.74, 6) is 0.0788. The summed E-state index contributed by atoms with van der Waals surface area (Å²) >= 11 is 0. The van der Waals surface area contributed by atoms with E-state index in [2.05, 4.69) is 5.32 Å². The lowest BCUT2D eigenvalue weighted by molar-refractivity contribution is -0.121. The summed E-state index contributed by atoms with van der Waals surface area (Å²) in [5, 5.41) is 2.79. The van der Waals surface area contributed by atoms with E-state index in [1.807, 2.05) is 0 Å². The van der Waals surface area contributed by atoms with Crippen LogP contribution in [0.4, 0.5) is 0 Å². The van der Waals surface area contributed by atoms with Crippen LogP contribution in [0.25, 0.3) is 0 Å². The molecule has 110 valence electrons. The zero-order chi connectivity index (χ0) is 14.8. The summed E-state index contributed by atoms with van der Waals surface area (Å²) in [6.07, 6.45) is 2.08. The van der Waals surface area contributed by atoms with E-state index < -0.39 is 5.91 Å². The van der Waals surface area contributed by atoms with Crippen molar-refractivity contribution in [2.24, 2.45) is 11.5 Å². The Kier molecular flexibility index (Phi) is 7.13. The molecule has 6 nitrogen and oxygen atoms in total. The smallest absolute Gasteiger partial charge is 0.248 e. The summed E-state index contributed by atoms with van der Waals surface area (Å²) in [6, 6.07) is 6.48. The van der Waals surface area contributed by atoms with Crippen molar-refractivity contribution in [1.82, 2.24) is 5.32 Å². The molecule has 0 aromatic heterocycles. The molecule has 0 bridgehead atoms. The van der Waals surface area contributed by atoms with Gasteiger partial charge in [0.2, 0.25) is 11.8 Å². The van der Waals surface area contributed by atoms with Crippen molar-refractivity contribution in [1.29, 1.82) is 0 Å². The first-order valence-electron chi connectivity index (χ1n) is 6.63. The molecular formula is C14H21N3O3. The molecule has 5 N–H and O–H groups in total. The fraction of sp³-hybridized carbons (Fsp3) is 0.429. The predicted octanol–water partition coefficient (Wildman–Crippen LogP) is 0.409. The van der Waals surface area contributed by atoms with Gasteiger partial charge in [0, 0.05) is 12.1 Å². The number of hydrogen-bond donors (Lipinski definition) is 3. The number of hydrogen-bond acceptors (Lipinski definition) is 4.